The molecule has 0 bridgehead atoms. The zero-order chi connectivity index (χ0) is 11.4. The molecule has 0 amide bonds. The van der Waals surface area contributed by atoms with Gasteiger partial charge in [0.05, 0.1) is 5.69 Å². The lowest BCUT2D eigenvalue weighted by Crippen LogP contribution is -1.74. The number of nitrogens with zero attached hydrogens (tertiary/aromatic N) is 2. The van der Waals surface area contributed by atoms with E-state index >= 15 is 0 Å². The van der Waals surface area contributed by atoms with Crippen LogP contribution in [0.5, 0.6) is 5.75 Å². The Kier molecular flexibility index (Phi) is 2.91. The van der Waals surface area contributed by atoms with E-state index in [-0.39, 0.29) is 11.4 Å². The van der Waals surface area contributed by atoms with Crippen molar-refractivity contribution in [3.8, 4) is 5.75 Å². The Morgan fingerprint density at radius 2 is 1.69 bits per heavy atom. The van der Waals surface area contributed by atoms with E-state index in [4.69, 9.17) is 5.11 Å². The van der Waals surface area contributed by atoms with Crippen molar-refractivity contribution in [2.24, 2.45) is 10.2 Å². The summed E-state index contributed by atoms with van der Waals surface area (Å²) in [6.07, 6.45) is 0. The van der Waals surface area contributed by atoms with E-state index in [1.807, 2.05) is 18.2 Å². The summed E-state index contributed by atoms with van der Waals surface area (Å²) in [5, 5.41) is 16.6. The van der Waals surface area contributed by atoms with Gasteiger partial charge < -0.3 is 5.11 Å². The van der Waals surface area contributed by atoms with Crippen molar-refractivity contribution in [1.29, 1.82) is 0 Å². The van der Waals surface area contributed by atoms with Crippen LogP contribution >= 0.6 is 0 Å². The van der Waals surface area contributed by atoms with Gasteiger partial charge in [-0.15, -0.1) is 5.11 Å². The molecule has 2 aromatic rings. The summed E-state index contributed by atoms with van der Waals surface area (Å²) < 4.78 is 13.2. The first-order chi connectivity index (χ1) is 7.75. The zero-order valence-electron chi connectivity index (χ0n) is 8.34. The highest BCUT2D eigenvalue weighted by molar-refractivity contribution is 5.43. The summed E-state index contributed by atoms with van der Waals surface area (Å²) in [5.41, 5.74) is 0.747. The molecule has 0 saturated heterocycles. The average Bonchev–Trinajstić information content (AvgIpc) is 2.29. The van der Waals surface area contributed by atoms with E-state index in [2.05, 4.69) is 10.2 Å². The third kappa shape index (κ3) is 2.42. The van der Waals surface area contributed by atoms with Crippen molar-refractivity contribution in [3.05, 3.63) is 54.3 Å². The quantitative estimate of drug-likeness (QED) is 0.759. The molecule has 0 aromatic heterocycles. The van der Waals surface area contributed by atoms with E-state index in [9.17, 15) is 4.39 Å². The number of hydrogen-bond donors (Lipinski definition) is 1. The molecule has 0 aliphatic heterocycles. The Balaban J connectivity index is 2.24. The number of hydrogen-bond acceptors (Lipinski definition) is 3. The molecule has 0 unspecified atom stereocenters. The minimum absolute atomic E-state index is 0.0988. The summed E-state index contributed by atoms with van der Waals surface area (Å²) in [6, 6.07) is 12.8. The van der Waals surface area contributed by atoms with E-state index in [1.54, 1.807) is 12.1 Å². The van der Waals surface area contributed by atoms with Crippen LogP contribution in [0.1, 0.15) is 0 Å². The molecule has 0 saturated carbocycles. The van der Waals surface area contributed by atoms with Gasteiger partial charge in [0.1, 0.15) is 11.4 Å². The number of rotatable bonds is 2. The molecule has 0 heterocycles. The fraction of sp³-hybridized carbons (Fsp3) is 0. The third-order valence-corrected chi connectivity index (χ3v) is 1.96. The fourth-order valence-electron chi connectivity index (χ4n) is 1.18. The highest BCUT2D eigenvalue weighted by Crippen LogP contribution is 2.24. The van der Waals surface area contributed by atoms with Crippen LogP contribution in [-0.4, -0.2) is 5.11 Å². The number of benzene rings is 2. The maximum atomic E-state index is 13.2. The molecule has 0 atom stereocenters. The second kappa shape index (κ2) is 4.53. The van der Waals surface area contributed by atoms with Gasteiger partial charge in [0.25, 0.3) is 0 Å². The minimum Gasteiger partial charge on any atom is -0.508 e. The van der Waals surface area contributed by atoms with E-state index in [1.165, 1.54) is 12.1 Å². The van der Waals surface area contributed by atoms with Gasteiger partial charge in [-0.2, -0.15) is 5.11 Å². The molecular formula is C12H9FN2O. The highest BCUT2D eigenvalue weighted by atomic mass is 19.1. The standard InChI is InChI=1S/C12H9FN2O/c13-11-8-10(16)6-7-12(11)15-14-9-4-2-1-3-5-9/h1-8,16H. The van der Waals surface area contributed by atoms with Crippen LogP contribution in [0.3, 0.4) is 0 Å². The number of aromatic hydroxyl groups is 1. The van der Waals surface area contributed by atoms with Crippen LogP contribution in [0.15, 0.2) is 58.8 Å². The van der Waals surface area contributed by atoms with Gasteiger partial charge in [-0.05, 0) is 24.3 Å². The van der Waals surface area contributed by atoms with Crippen LogP contribution in [0, 0.1) is 5.82 Å². The maximum absolute atomic E-state index is 13.2. The normalized spacial score (nSPS) is 10.8. The predicted molar refractivity (Wildman–Crippen MR) is 58.7 cm³/mol. The minimum atomic E-state index is -0.598. The van der Waals surface area contributed by atoms with Crippen molar-refractivity contribution in [3.63, 3.8) is 0 Å². The lowest BCUT2D eigenvalue weighted by Gasteiger charge is -1.96. The van der Waals surface area contributed by atoms with Crippen molar-refractivity contribution < 1.29 is 9.50 Å². The smallest absolute Gasteiger partial charge is 0.154 e. The number of halogens is 1. The zero-order valence-corrected chi connectivity index (χ0v) is 8.34. The van der Waals surface area contributed by atoms with Crippen LogP contribution in [-0.2, 0) is 0 Å². The fourth-order valence-corrected chi connectivity index (χ4v) is 1.18. The summed E-state index contributed by atoms with van der Waals surface area (Å²) >= 11 is 0. The lowest BCUT2D eigenvalue weighted by molar-refractivity contribution is 0.469. The molecule has 80 valence electrons. The highest BCUT2D eigenvalue weighted by Gasteiger charge is 2.01. The van der Waals surface area contributed by atoms with Gasteiger partial charge >= 0.3 is 0 Å². The van der Waals surface area contributed by atoms with Gasteiger partial charge in [0, 0.05) is 6.07 Å². The summed E-state index contributed by atoms with van der Waals surface area (Å²) in [4.78, 5) is 0. The number of azo groups is 1. The number of phenolic OH excluding ortho intramolecular Hbond substituents is 1. The van der Waals surface area contributed by atoms with Crippen LogP contribution in [0.2, 0.25) is 0 Å². The van der Waals surface area contributed by atoms with Crippen molar-refractivity contribution >= 4 is 11.4 Å². The van der Waals surface area contributed by atoms with Crippen molar-refractivity contribution in [2.75, 3.05) is 0 Å². The molecule has 1 N–H and O–H groups in total. The third-order valence-electron chi connectivity index (χ3n) is 1.96. The molecule has 0 spiro atoms. The second-order valence-electron chi connectivity index (χ2n) is 3.17. The average molecular weight is 216 g/mol. The SMILES string of the molecule is Oc1ccc(N=Nc2ccccc2)c(F)c1. The van der Waals surface area contributed by atoms with Crippen molar-refractivity contribution in [1.82, 2.24) is 0 Å². The monoisotopic (exact) mass is 216 g/mol. The first-order valence-electron chi connectivity index (χ1n) is 4.71. The molecular weight excluding hydrogens is 207 g/mol. The van der Waals surface area contributed by atoms with Crippen LogP contribution in [0.25, 0.3) is 0 Å². The lowest BCUT2D eigenvalue weighted by atomic mass is 10.3. The molecule has 2 aromatic carbocycles. The van der Waals surface area contributed by atoms with E-state index < -0.39 is 5.82 Å². The first-order valence-corrected chi connectivity index (χ1v) is 4.71. The van der Waals surface area contributed by atoms with Gasteiger partial charge in [-0.3, -0.25) is 0 Å². The molecule has 16 heavy (non-hydrogen) atoms. The van der Waals surface area contributed by atoms with Crippen molar-refractivity contribution in [2.45, 2.75) is 0 Å². The van der Waals surface area contributed by atoms with Crippen LogP contribution in [0.4, 0.5) is 15.8 Å². The Bertz CT molecular complexity index is 512. The molecule has 0 aliphatic rings. The molecule has 0 radical (unpaired) electrons. The number of phenols is 1. The summed E-state index contributed by atoms with van der Waals surface area (Å²) in [7, 11) is 0. The molecule has 3 nitrogen and oxygen atoms in total. The Morgan fingerprint density at radius 1 is 0.938 bits per heavy atom. The van der Waals surface area contributed by atoms with Gasteiger partial charge in [0.2, 0.25) is 0 Å². The summed E-state index contributed by atoms with van der Waals surface area (Å²) in [5.74, 6) is -0.726. The molecule has 4 heteroatoms. The first kappa shape index (κ1) is 10.3. The maximum Gasteiger partial charge on any atom is 0.154 e. The van der Waals surface area contributed by atoms with Gasteiger partial charge in [0.15, 0.2) is 5.82 Å². The Morgan fingerprint density at radius 3 is 2.38 bits per heavy atom. The Hall–Kier alpha value is -2.23. The van der Waals surface area contributed by atoms with Gasteiger partial charge in [-0.1, -0.05) is 18.2 Å². The summed E-state index contributed by atoms with van der Waals surface area (Å²) in [6.45, 7) is 0. The Labute approximate surface area is 91.9 Å². The van der Waals surface area contributed by atoms with Crippen LogP contribution < -0.4 is 0 Å². The second-order valence-corrected chi connectivity index (χ2v) is 3.17. The largest absolute Gasteiger partial charge is 0.508 e. The molecule has 0 fully saturated rings. The molecule has 0 aliphatic carbocycles. The topological polar surface area (TPSA) is 45.0 Å². The van der Waals surface area contributed by atoms with E-state index in [0.29, 0.717) is 5.69 Å². The van der Waals surface area contributed by atoms with E-state index in [0.717, 1.165) is 6.07 Å². The van der Waals surface area contributed by atoms with Gasteiger partial charge in [-0.25, -0.2) is 4.39 Å². The predicted octanol–water partition coefficient (Wildman–Crippen LogP) is 3.95. The molecule has 2 rings (SSSR count).